The molecule has 5 nitrogen and oxygen atoms in total. The third kappa shape index (κ3) is 5.21. The van der Waals surface area contributed by atoms with Gasteiger partial charge in [-0.15, -0.1) is 11.8 Å². The minimum atomic E-state index is -3.61. The molecule has 0 bridgehead atoms. The van der Waals surface area contributed by atoms with Crippen LogP contribution in [0.3, 0.4) is 0 Å². The molecule has 140 valence electrons. The molecule has 1 amide bonds. The number of carbonyl (C=O) groups is 1. The highest BCUT2D eigenvalue weighted by Crippen LogP contribution is 2.27. The number of sulfonamides is 1. The number of likely N-dealkylation sites (tertiary alicyclic amines) is 1. The van der Waals surface area contributed by atoms with Crippen LogP contribution in [0.15, 0.2) is 28.0 Å². The van der Waals surface area contributed by atoms with Crippen molar-refractivity contribution >= 4 is 27.7 Å². The molecule has 7 heteroatoms. The number of nitrogens with one attached hydrogen (secondary N) is 1. The van der Waals surface area contributed by atoms with E-state index < -0.39 is 10.0 Å². The Kier molecular flexibility index (Phi) is 6.93. The van der Waals surface area contributed by atoms with E-state index in [-0.39, 0.29) is 16.7 Å². The van der Waals surface area contributed by atoms with E-state index in [9.17, 15) is 13.2 Å². The largest absolute Gasteiger partial charge is 0.339 e. The van der Waals surface area contributed by atoms with Crippen molar-refractivity contribution in [1.82, 2.24) is 9.62 Å². The van der Waals surface area contributed by atoms with E-state index in [0.717, 1.165) is 30.8 Å². The number of carbonyl (C=O) groups excluding carboxylic acids is 1. The molecule has 1 aliphatic heterocycles. The Morgan fingerprint density at radius 3 is 2.52 bits per heavy atom. The lowest BCUT2D eigenvalue weighted by Gasteiger charge is -2.30. The first kappa shape index (κ1) is 20.3. The quantitative estimate of drug-likeness (QED) is 0.765. The van der Waals surface area contributed by atoms with Crippen LogP contribution < -0.4 is 4.72 Å². The number of thioether (sulfide) groups is 1. The minimum Gasteiger partial charge on any atom is -0.339 e. The van der Waals surface area contributed by atoms with Gasteiger partial charge in [0.1, 0.15) is 0 Å². The highest BCUT2D eigenvalue weighted by molar-refractivity contribution is 7.98. The van der Waals surface area contributed by atoms with Crippen LogP contribution in [0, 0.1) is 11.8 Å². The molecule has 0 aliphatic carbocycles. The summed E-state index contributed by atoms with van der Waals surface area (Å²) in [6, 6.07) is 4.83. The summed E-state index contributed by atoms with van der Waals surface area (Å²) in [5, 5.41) is 0. The molecule has 25 heavy (non-hydrogen) atoms. The number of benzene rings is 1. The summed E-state index contributed by atoms with van der Waals surface area (Å²) in [5.74, 6) is 0.782. The van der Waals surface area contributed by atoms with E-state index in [1.165, 1.54) is 17.8 Å². The first-order valence-electron chi connectivity index (χ1n) is 8.71. The Hall–Kier alpha value is -1.05. The third-order valence-electron chi connectivity index (χ3n) is 4.46. The lowest BCUT2D eigenvalue weighted by Crippen LogP contribution is -2.38. The van der Waals surface area contributed by atoms with Gasteiger partial charge in [-0.05, 0) is 49.1 Å². The molecular weight excluding hydrogens is 356 g/mol. The van der Waals surface area contributed by atoms with Gasteiger partial charge in [0, 0.05) is 24.5 Å². The van der Waals surface area contributed by atoms with Gasteiger partial charge in [-0.25, -0.2) is 13.1 Å². The fourth-order valence-corrected chi connectivity index (χ4v) is 4.57. The second-order valence-corrected chi connectivity index (χ2v) is 9.70. The number of piperidine rings is 1. The Bertz CT molecular complexity index is 709. The highest BCUT2D eigenvalue weighted by atomic mass is 32.2. The fraction of sp³-hybridized carbons (Fsp3) is 0.611. The number of rotatable bonds is 6. The number of hydrogen-bond acceptors (Lipinski definition) is 4. The number of amides is 1. The Morgan fingerprint density at radius 1 is 1.32 bits per heavy atom. The van der Waals surface area contributed by atoms with Gasteiger partial charge in [0.2, 0.25) is 10.0 Å². The van der Waals surface area contributed by atoms with Gasteiger partial charge in [0.15, 0.2) is 0 Å². The van der Waals surface area contributed by atoms with E-state index in [4.69, 9.17) is 0 Å². The number of nitrogens with zero attached hydrogens (tertiary/aromatic N) is 1. The molecule has 1 fully saturated rings. The van der Waals surface area contributed by atoms with Gasteiger partial charge in [-0.3, -0.25) is 4.79 Å². The van der Waals surface area contributed by atoms with E-state index in [1.54, 1.807) is 12.1 Å². The predicted octanol–water partition coefficient (Wildman–Crippen LogP) is 3.21. The summed E-state index contributed by atoms with van der Waals surface area (Å²) >= 11 is 1.46. The SMILES string of the molecule is CSc1ccc(S(=O)(=O)NCC(C)C)cc1C(=O)N1CCC(C)CC1. The molecule has 1 aliphatic rings. The van der Waals surface area contributed by atoms with Crippen LogP contribution in [0.2, 0.25) is 0 Å². The lowest BCUT2D eigenvalue weighted by molar-refractivity contribution is 0.0693. The molecule has 0 atom stereocenters. The maximum absolute atomic E-state index is 12.9. The van der Waals surface area contributed by atoms with Gasteiger partial charge >= 0.3 is 0 Å². The summed E-state index contributed by atoms with van der Waals surface area (Å²) in [6.07, 6.45) is 3.89. The molecular formula is C18H28N2O3S2. The molecule has 1 saturated heterocycles. The van der Waals surface area contributed by atoms with Crippen molar-refractivity contribution in [2.75, 3.05) is 25.9 Å². The van der Waals surface area contributed by atoms with Gasteiger partial charge in [-0.2, -0.15) is 0 Å². The Balaban J connectivity index is 2.29. The van der Waals surface area contributed by atoms with Gasteiger partial charge in [0.25, 0.3) is 5.91 Å². The zero-order valence-electron chi connectivity index (χ0n) is 15.4. The maximum atomic E-state index is 12.9. The van der Waals surface area contributed by atoms with Gasteiger partial charge in [-0.1, -0.05) is 20.8 Å². The zero-order chi connectivity index (χ0) is 18.6. The molecule has 0 saturated carbocycles. The van der Waals surface area contributed by atoms with Gasteiger partial charge in [0.05, 0.1) is 10.5 Å². The zero-order valence-corrected chi connectivity index (χ0v) is 17.0. The topological polar surface area (TPSA) is 66.5 Å². The Morgan fingerprint density at radius 2 is 1.96 bits per heavy atom. The van der Waals surface area contributed by atoms with Crippen LogP contribution in [-0.2, 0) is 10.0 Å². The van der Waals surface area contributed by atoms with Crippen LogP contribution in [0.4, 0.5) is 0 Å². The van der Waals surface area contributed by atoms with Crippen molar-refractivity contribution in [2.45, 2.75) is 43.4 Å². The van der Waals surface area contributed by atoms with E-state index in [2.05, 4.69) is 11.6 Å². The molecule has 1 aromatic rings. The molecule has 1 heterocycles. The van der Waals surface area contributed by atoms with Crippen LogP contribution in [0.1, 0.15) is 44.0 Å². The van der Waals surface area contributed by atoms with Crippen molar-refractivity contribution in [2.24, 2.45) is 11.8 Å². The van der Waals surface area contributed by atoms with Crippen molar-refractivity contribution in [3.63, 3.8) is 0 Å². The van der Waals surface area contributed by atoms with Crippen LogP contribution >= 0.6 is 11.8 Å². The molecule has 0 unspecified atom stereocenters. The van der Waals surface area contributed by atoms with Crippen molar-refractivity contribution in [3.05, 3.63) is 23.8 Å². The van der Waals surface area contributed by atoms with Crippen LogP contribution in [0.25, 0.3) is 0 Å². The third-order valence-corrected chi connectivity index (χ3v) is 6.68. The van der Waals surface area contributed by atoms with E-state index >= 15 is 0 Å². The normalized spacial score (nSPS) is 16.4. The van der Waals surface area contributed by atoms with Gasteiger partial charge < -0.3 is 4.90 Å². The summed E-state index contributed by atoms with van der Waals surface area (Å²) in [4.78, 5) is 15.7. The highest BCUT2D eigenvalue weighted by Gasteiger charge is 2.25. The summed E-state index contributed by atoms with van der Waals surface area (Å²) in [6.45, 7) is 7.94. The average Bonchev–Trinajstić information content (AvgIpc) is 2.59. The first-order chi connectivity index (χ1) is 11.7. The number of hydrogen-bond donors (Lipinski definition) is 1. The minimum absolute atomic E-state index is 0.0721. The fourth-order valence-electron chi connectivity index (χ4n) is 2.76. The molecule has 1 N–H and O–H groups in total. The summed E-state index contributed by atoms with van der Waals surface area (Å²) in [7, 11) is -3.61. The van der Waals surface area contributed by atoms with Crippen LogP contribution in [-0.4, -0.2) is 45.1 Å². The van der Waals surface area contributed by atoms with E-state index in [1.807, 2.05) is 25.0 Å². The monoisotopic (exact) mass is 384 g/mol. The summed E-state index contributed by atoms with van der Waals surface area (Å²) < 4.78 is 27.6. The van der Waals surface area contributed by atoms with Crippen molar-refractivity contribution in [3.8, 4) is 0 Å². The summed E-state index contributed by atoms with van der Waals surface area (Å²) in [5.41, 5.74) is 0.481. The van der Waals surface area contributed by atoms with Crippen LogP contribution in [0.5, 0.6) is 0 Å². The van der Waals surface area contributed by atoms with E-state index in [0.29, 0.717) is 18.0 Å². The molecule has 1 aromatic carbocycles. The first-order valence-corrected chi connectivity index (χ1v) is 11.4. The smallest absolute Gasteiger partial charge is 0.255 e. The second kappa shape index (κ2) is 8.56. The maximum Gasteiger partial charge on any atom is 0.255 e. The van der Waals surface area contributed by atoms with Crippen molar-refractivity contribution < 1.29 is 13.2 Å². The lowest BCUT2D eigenvalue weighted by atomic mass is 9.98. The molecule has 0 aromatic heterocycles. The standard InChI is InChI=1S/C18H28N2O3S2/c1-13(2)12-19-25(22,23)15-5-6-17(24-4)16(11-15)18(21)20-9-7-14(3)8-10-20/h5-6,11,13-14,19H,7-10,12H2,1-4H3. The molecule has 0 spiro atoms. The predicted molar refractivity (Wildman–Crippen MR) is 103 cm³/mol. The van der Waals surface area contributed by atoms with Crippen molar-refractivity contribution in [1.29, 1.82) is 0 Å². The average molecular weight is 385 g/mol. The second-order valence-electron chi connectivity index (χ2n) is 7.08. The molecule has 2 rings (SSSR count). The Labute approximate surface area is 155 Å². The molecule has 0 radical (unpaired) electrons.